The molecule has 0 aliphatic carbocycles. The predicted octanol–water partition coefficient (Wildman–Crippen LogP) is 5.73. The number of aromatic nitrogens is 1. The number of methoxy groups -OCH3 is 2. The maximum absolute atomic E-state index is 14.3. The maximum Gasteiger partial charge on any atom is 0.338 e. The number of hydrogen-bond donors (Lipinski definition) is 0. The van der Waals surface area contributed by atoms with Gasteiger partial charge in [0.1, 0.15) is 12.4 Å². The minimum absolute atomic E-state index is 0.159. The van der Waals surface area contributed by atoms with E-state index in [9.17, 15) is 9.59 Å². The monoisotopic (exact) mass is 834 g/mol. The average Bonchev–Trinajstić information content (AvgIpc) is 3.34. The summed E-state index contributed by atoms with van der Waals surface area (Å²) in [5.74, 6) is 1.09. The Bertz CT molecular complexity index is 1950. The quantitative estimate of drug-likeness (QED) is 0.115. The van der Waals surface area contributed by atoms with Crippen molar-refractivity contribution in [2.75, 3.05) is 27.4 Å². The Labute approximate surface area is 285 Å². The molecule has 3 aromatic carbocycles. The van der Waals surface area contributed by atoms with Crippen molar-refractivity contribution in [2.24, 2.45) is 4.99 Å². The highest BCUT2D eigenvalue weighted by Gasteiger charge is 2.35. The lowest BCUT2D eigenvalue weighted by atomic mass is 9.93. The Hall–Kier alpha value is -3.43. The van der Waals surface area contributed by atoms with Crippen molar-refractivity contribution in [1.29, 1.82) is 0 Å². The third kappa shape index (κ3) is 6.35. The van der Waals surface area contributed by atoms with Gasteiger partial charge < -0.3 is 18.9 Å². The molecule has 2 heterocycles. The number of ether oxygens (including phenoxy) is 4. The molecule has 1 atom stereocenters. The van der Waals surface area contributed by atoms with Gasteiger partial charge in [0.05, 0.1) is 46.2 Å². The van der Waals surface area contributed by atoms with E-state index in [0.717, 1.165) is 18.3 Å². The molecule has 5 rings (SSSR count). The van der Waals surface area contributed by atoms with E-state index in [1.54, 1.807) is 43.9 Å². The van der Waals surface area contributed by atoms with E-state index in [4.69, 9.17) is 23.9 Å². The largest absolute Gasteiger partial charge is 0.493 e. The summed E-state index contributed by atoms with van der Waals surface area (Å²) in [7, 11) is 3.09. The molecule has 0 saturated heterocycles. The first-order valence-electron chi connectivity index (χ1n) is 13.5. The number of esters is 1. The normalized spacial score (nSPS) is 14.5. The molecule has 8 nitrogen and oxygen atoms in total. The molecule has 0 fully saturated rings. The van der Waals surface area contributed by atoms with Gasteiger partial charge in [-0.25, -0.2) is 9.79 Å². The van der Waals surface area contributed by atoms with Gasteiger partial charge in [0.2, 0.25) is 0 Å². The minimum atomic E-state index is -0.852. The number of nitrogens with zero attached hydrogens (tertiary/aromatic N) is 2. The molecule has 11 heteroatoms. The highest BCUT2D eigenvalue weighted by atomic mass is 127. The van der Waals surface area contributed by atoms with E-state index < -0.39 is 12.0 Å². The van der Waals surface area contributed by atoms with Gasteiger partial charge in [-0.3, -0.25) is 9.36 Å². The fraction of sp³-hybridized carbons (Fsp3) is 0.182. The van der Waals surface area contributed by atoms with Crippen LogP contribution in [0, 0.1) is 7.14 Å². The van der Waals surface area contributed by atoms with Crippen molar-refractivity contribution in [3.8, 4) is 17.2 Å². The highest BCUT2D eigenvalue weighted by Crippen LogP contribution is 2.38. The Balaban J connectivity index is 1.84. The number of rotatable bonds is 10. The van der Waals surface area contributed by atoms with Gasteiger partial charge in [-0.1, -0.05) is 60.4 Å². The third-order valence-corrected chi connectivity index (χ3v) is 9.17. The van der Waals surface area contributed by atoms with Gasteiger partial charge >= 0.3 is 5.97 Å². The minimum Gasteiger partial charge on any atom is -0.493 e. The summed E-state index contributed by atoms with van der Waals surface area (Å²) >= 11 is 5.72. The Morgan fingerprint density at radius 1 is 1.07 bits per heavy atom. The number of carbonyl (C=O) groups excluding carboxylic acids is 1. The first-order valence-corrected chi connectivity index (χ1v) is 16.5. The SMILES string of the molecule is C=CCOc1c(I)cc(I)cc1/C=c1\sc2n(c1=O)[C@H](c1ccc(OC)c(OC)c1)C(C(=O)OCC)=C(c1ccccc1)N=2. The van der Waals surface area contributed by atoms with Crippen LogP contribution in [0.4, 0.5) is 0 Å². The van der Waals surface area contributed by atoms with Crippen LogP contribution in [-0.2, 0) is 9.53 Å². The number of carbonyl (C=O) groups is 1. The Morgan fingerprint density at radius 2 is 1.82 bits per heavy atom. The molecule has 0 bridgehead atoms. The Kier molecular flexibility index (Phi) is 10.3. The predicted molar refractivity (Wildman–Crippen MR) is 188 cm³/mol. The average molecular weight is 834 g/mol. The van der Waals surface area contributed by atoms with Crippen molar-refractivity contribution in [2.45, 2.75) is 13.0 Å². The second-order valence-corrected chi connectivity index (χ2v) is 12.9. The van der Waals surface area contributed by atoms with Gasteiger partial charge in [-0.15, -0.1) is 0 Å². The van der Waals surface area contributed by atoms with Crippen LogP contribution < -0.4 is 29.1 Å². The van der Waals surface area contributed by atoms with E-state index in [1.807, 2.05) is 54.6 Å². The molecule has 0 radical (unpaired) electrons. The molecule has 0 amide bonds. The van der Waals surface area contributed by atoms with Crippen LogP contribution in [0.2, 0.25) is 0 Å². The smallest absolute Gasteiger partial charge is 0.338 e. The number of benzene rings is 3. The molecule has 44 heavy (non-hydrogen) atoms. The Morgan fingerprint density at radius 3 is 2.50 bits per heavy atom. The summed E-state index contributed by atoms with van der Waals surface area (Å²) in [6.45, 7) is 5.99. The summed E-state index contributed by atoms with van der Waals surface area (Å²) in [4.78, 5) is 33.4. The van der Waals surface area contributed by atoms with Crippen LogP contribution in [0.3, 0.4) is 0 Å². The van der Waals surface area contributed by atoms with Crippen LogP contribution in [0.25, 0.3) is 11.8 Å². The summed E-state index contributed by atoms with van der Waals surface area (Å²) in [6.07, 6.45) is 3.49. The first-order chi connectivity index (χ1) is 21.3. The number of fused-ring (bicyclic) bond motifs is 1. The first kappa shape index (κ1) is 32.0. The van der Waals surface area contributed by atoms with Gasteiger partial charge in [0, 0.05) is 14.7 Å². The van der Waals surface area contributed by atoms with Crippen molar-refractivity contribution in [3.05, 3.63) is 122 Å². The van der Waals surface area contributed by atoms with Gasteiger partial charge in [-0.2, -0.15) is 0 Å². The summed E-state index contributed by atoms with van der Waals surface area (Å²) < 4.78 is 26.5. The molecular formula is C33H28I2N2O6S. The summed E-state index contributed by atoms with van der Waals surface area (Å²) in [6, 6.07) is 17.9. The van der Waals surface area contributed by atoms with Crippen molar-refractivity contribution < 1.29 is 23.7 Å². The second kappa shape index (κ2) is 14.1. The van der Waals surface area contributed by atoms with Crippen molar-refractivity contribution in [1.82, 2.24) is 4.57 Å². The van der Waals surface area contributed by atoms with Crippen LogP contribution >= 0.6 is 56.5 Å². The van der Waals surface area contributed by atoms with E-state index >= 15 is 0 Å². The number of halogens is 2. The summed E-state index contributed by atoms with van der Waals surface area (Å²) in [5.41, 5.74) is 2.51. The lowest BCUT2D eigenvalue weighted by Crippen LogP contribution is -2.40. The molecule has 1 aliphatic rings. The fourth-order valence-electron chi connectivity index (χ4n) is 4.90. The zero-order valence-electron chi connectivity index (χ0n) is 24.1. The number of hydrogen-bond acceptors (Lipinski definition) is 8. The fourth-order valence-corrected chi connectivity index (χ4v) is 7.94. The highest BCUT2D eigenvalue weighted by molar-refractivity contribution is 14.1. The van der Waals surface area contributed by atoms with Crippen LogP contribution in [0.1, 0.15) is 29.7 Å². The number of thiazole rings is 1. The molecule has 0 spiro atoms. The van der Waals surface area contributed by atoms with Crippen molar-refractivity contribution >= 4 is 74.3 Å². The lowest BCUT2D eigenvalue weighted by Gasteiger charge is -2.26. The molecule has 1 aliphatic heterocycles. The van der Waals surface area contributed by atoms with Gasteiger partial charge in [0.15, 0.2) is 16.3 Å². The third-order valence-electron chi connectivity index (χ3n) is 6.77. The summed E-state index contributed by atoms with van der Waals surface area (Å²) in [5, 5.41) is 0. The van der Waals surface area contributed by atoms with E-state index in [1.165, 1.54) is 11.3 Å². The van der Waals surface area contributed by atoms with Gasteiger partial charge in [0.25, 0.3) is 5.56 Å². The molecule has 0 saturated carbocycles. The zero-order valence-corrected chi connectivity index (χ0v) is 29.3. The molecule has 4 aromatic rings. The second-order valence-electron chi connectivity index (χ2n) is 9.45. The van der Waals surface area contributed by atoms with E-state index in [0.29, 0.717) is 44.4 Å². The topological polar surface area (TPSA) is 88.3 Å². The molecule has 0 N–H and O–H groups in total. The molecule has 0 unspecified atom stereocenters. The van der Waals surface area contributed by atoms with Crippen LogP contribution in [-0.4, -0.2) is 38.0 Å². The molecular weight excluding hydrogens is 806 g/mol. The van der Waals surface area contributed by atoms with E-state index in [2.05, 4.69) is 51.8 Å². The van der Waals surface area contributed by atoms with Gasteiger partial charge in [-0.05, 0) is 88.0 Å². The maximum atomic E-state index is 14.3. The van der Waals surface area contributed by atoms with Crippen LogP contribution in [0.15, 0.2) is 88.7 Å². The lowest BCUT2D eigenvalue weighted by molar-refractivity contribution is -0.138. The van der Waals surface area contributed by atoms with Crippen molar-refractivity contribution in [3.63, 3.8) is 0 Å². The zero-order chi connectivity index (χ0) is 31.4. The molecule has 1 aromatic heterocycles. The molecule has 226 valence electrons. The standard InChI is InChI=1S/C33H28I2N2O6S/c1-5-14-43-30-21(15-22(34)18-23(30)35)17-26-31(38)37-29(20-12-13-24(40-3)25(16-20)41-4)27(32(39)42-6-2)28(36-33(37)44-26)19-10-8-7-9-11-19/h5,7-13,15-18,29H,1,6,14H2,2-4H3/b26-17-/t29-/m1/s1. The van der Waals surface area contributed by atoms with Crippen LogP contribution in [0.5, 0.6) is 17.2 Å². The van der Waals surface area contributed by atoms with E-state index in [-0.39, 0.29) is 17.7 Å².